The van der Waals surface area contributed by atoms with Crippen LogP contribution in [0, 0.1) is 5.82 Å². The third kappa shape index (κ3) is 5.54. The van der Waals surface area contributed by atoms with Crippen molar-refractivity contribution in [3.05, 3.63) is 108 Å². The highest BCUT2D eigenvalue weighted by Crippen LogP contribution is 2.35. The second-order valence-electron chi connectivity index (χ2n) is 9.27. The van der Waals surface area contributed by atoms with Crippen molar-refractivity contribution in [2.24, 2.45) is 0 Å². The second kappa shape index (κ2) is 11.3. The van der Waals surface area contributed by atoms with Crippen LogP contribution in [0.15, 0.2) is 79.5 Å². The van der Waals surface area contributed by atoms with Gasteiger partial charge >= 0.3 is 0 Å². The fraction of sp³-hybridized carbons (Fsp3) is 0.207. The molecule has 3 heterocycles. The molecule has 2 N–H and O–H groups in total. The van der Waals surface area contributed by atoms with Gasteiger partial charge in [0.2, 0.25) is 11.8 Å². The third-order valence-corrected chi connectivity index (χ3v) is 6.74. The average molecular weight is 527 g/mol. The van der Waals surface area contributed by atoms with E-state index in [0.717, 1.165) is 16.8 Å². The molecule has 1 aliphatic rings. The van der Waals surface area contributed by atoms with Gasteiger partial charge in [0.15, 0.2) is 0 Å². The number of nitrogens with zero attached hydrogens (tertiary/aromatic N) is 4. The van der Waals surface area contributed by atoms with Crippen LogP contribution in [-0.2, 0) is 22.4 Å². The molecule has 1 unspecified atom stereocenters. The molecule has 0 saturated carbocycles. The SMILES string of the molecule is CN1C(=O)CCc2cc(N(C(=O)c3cnc[nH]3)C(C(=O)NCCc3cccc(F)c3)c3cccnc3)ccc21. The quantitative estimate of drug-likeness (QED) is 0.365. The predicted molar refractivity (Wildman–Crippen MR) is 144 cm³/mol. The number of nitrogens with one attached hydrogen (secondary N) is 2. The molecule has 39 heavy (non-hydrogen) atoms. The molecule has 9 nitrogen and oxygen atoms in total. The Labute approximate surface area is 224 Å². The number of imidazole rings is 1. The molecule has 2 aromatic heterocycles. The molecule has 1 aliphatic heterocycles. The van der Waals surface area contributed by atoms with Gasteiger partial charge in [-0.15, -0.1) is 0 Å². The van der Waals surface area contributed by atoms with Crippen LogP contribution < -0.4 is 15.1 Å². The van der Waals surface area contributed by atoms with Crippen LogP contribution in [0.4, 0.5) is 15.8 Å². The Kier molecular flexibility index (Phi) is 7.44. The zero-order valence-electron chi connectivity index (χ0n) is 21.3. The lowest BCUT2D eigenvalue weighted by molar-refractivity contribution is -0.122. The zero-order chi connectivity index (χ0) is 27.4. The van der Waals surface area contributed by atoms with E-state index in [2.05, 4.69) is 20.3 Å². The summed E-state index contributed by atoms with van der Waals surface area (Å²) in [5, 5.41) is 2.91. The van der Waals surface area contributed by atoms with Crippen molar-refractivity contribution in [1.29, 1.82) is 0 Å². The van der Waals surface area contributed by atoms with E-state index in [9.17, 15) is 18.8 Å². The summed E-state index contributed by atoms with van der Waals surface area (Å²) >= 11 is 0. The first-order chi connectivity index (χ1) is 18.9. The Morgan fingerprint density at radius 3 is 2.72 bits per heavy atom. The Balaban J connectivity index is 1.52. The third-order valence-electron chi connectivity index (χ3n) is 6.74. The van der Waals surface area contributed by atoms with E-state index in [1.165, 1.54) is 29.6 Å². The normalized spacial score (nSPS) is 13.5. The Morgan fingerprint density at radius 2 is 1.97 bits per heavy atom. The van der Waals surface area contributed by atoms with Crippen molar-refractivity contribution in [2.45, 2.75) is 25.3 Å². The molecule has 1 atom stereocenters. The average Bonchev–Trinajstić information content (AvgIpc) is 3.49. The number of aryl methyl sites for hydroxylation is 1. The van der Waals surface area contributed by atoms with Crippen LogP contribution in [0.5, 0.6) is 0 Å². The number of carbonyl (C=O) groups is 3. The van der Waals surface area contributed by atoms with Gasteiger partial charge < -0.3 is 15.2 Å². The van der Waals surface area contributed by atoms with Crippen LogP contribution in [0.3, 0.4) is 0 Å². The number of H-pyrrole nitrogens is 1. The van der Waals surface area contributed by atoms with Gasteiger partial charge in [0.05, 0.1) is 12.5 Å². The summed E-state index contributed by atoms with van der Waals surface area (Å²) in [6, 6.07) is 13.9. The summed E-state index contributed by atoms with van der Waals surface area (Å²) < 4.78 is 13.6. The number of benzene rings is 2. The smallest absolute Gasteiger partial charge is 0.277 e. The number of hydrogen-bond donors (Lipinski definition) is 2. The van der Waals surface area contributed by atoms with Crippen molar-refractivity contribution < 1.29 is 18.8 Å². The first-order valence-corrected chi connectivity index (χ1v) is 12.6. The summed E-state index contributed by atoms with van der Waals surface area (Å²) in [6.07, 6.45) is 7.24. The molecular formula is C29H27FN6O3. The van der Waals surface area contributed by atoms with Gasteiger partial charge in [-0.3, -0.25) is 24.3 Å². The monoisotopic (exact) mass is 526 g/mol. The summed E-state index contributed by atoms with van der Waals surface area (Å²) in [7, 11) is 1.72. The molecule has 198 valence electrons. The molecule has 4 aromatic rings. The molecule has 0 bridgehead atoms. The van der Waals surface area contributed by atoms with Crippen molar-refractivity contribution in [2.75, 3.05) is 23.4 Å². The van der Waals surface area contributed by atoms with E-state index in [0.29, 0.717) is 30.5 Å². The fourth-order valence-corrected chi connectivity index (χ4v) is 4.75. The van der Waals surface area contributed by atoms with Gasteiger partial charge in [0.1, 0.15) is 17.6 Å². The van der Waals surface area contributed by atoms with Gasteiger partial charge in [-0.25, -0.2) is 9.37 Å². The van der Waals surface area contributed by atoms with Gasteiger partial charge in [-0.05, 0) is 60.4 Å². The van der Waals surface area contributed by atoms with E-state index < -0.39 is 17.9 Å². The van der Waals surface area contributed by atoms with Crippen molar-refractivity contribution in [3.63, 3.8) is 0 Å². The number of pyridine rings is 1. The van der Waals surface area contributed by atoms with Gasteiger partial charge in [0.25, 0.3) is 5.91 Å². The van der Waals surface area contributed by atoms with Gasteiger partial charge in [-0.1, -0.05) is 18.2 Å². The first-order valence-electron chi connectivity index (χ1n) is 12.6. The standard InChI is InChI=1S/C29H27FN6O3/c1-35-25-9-8-23(15-20(25)7-10-26(35)37)36(29(39)24-17-32-18-34-24)27(21-5-3-12-31-16-21)28(38)33-13-11-19-4-2-6-22(30)14-19/h2-6,8-9,12,14-18,27H,7,10-11,13H2,1H3,(H,32,34)(H,33,38). The molecule has 10 heteroatoms. The molecule has 3 amide bonds. The Bertz CT molecular complexity index is 1490. The minimum absolute atomic E-state index is 0.0200. The van der Waals surface area contributed by atoms with E-state index in [-0.39, 0.29) is 24.0 Å². The van der Waals surface area contributed by atoms with Crippen molar-refractivity contribution in [1.82, 2.24) is 20.3 Å². The lowest BCUT2D eigenvalue weighted by Gasteiger charge is -2.33. The minimum Gasteiger partial charge on any atom is -0.354 e. The van der Waals surface area contributed by atoms with E-state index in [4.69, 9.17) is 0 Å². The van der Waals surface area contributed by atoms with Crippen LogP contribution >= 0.6 is 0 Å². The Hall–Kier alpha value is -4.86. The number of carbonyl (C=O) groups excluding carboxylic acids is 3. The van der Waals surface area contributed by atoms with Crippen LogP contribution in [-0.4, -0.2) is 46.3 Å². The van der Waals surface area contributed by atoms with Crippen LogP contribution in [0.1, 0.15) is 39.6 Å². The number of fused-ring (bicyclic) bond motifs is 1. The number of amides is 3. The van der Waals surface area contributed by atoms with Crippen LogP contribution in [0.2, 0.25) is 0 Å². The summed E-state index contributed by atoms with van der Waals surface area (Å²) in [4.78, 5) is 53.9. The molecule has 2 aromatic carbocycles. The second-order valence-corrected chi connectivity index (χ2v) is 9.27. The maximum Gasteiger partial charge on any atom is 0.277 e. The topological polar surface area (TPSA) is 111 Å². The van der Waals surface area contributed by atoms with Crippen molar-refractivity contribution in [3.8, 4) is 0 Å². The number of rotatable bonds is 8. The molecule has 0 saturated heterocycles. The summed E-state index contributed by atoms with van der Waals surface area (Å²) in [5.41, 5.74) is 3.62. The summed E-state index contributed by atoms with van der Waals surface area (Å²) in [6.45, 7) is 0.238. The van der Waals surface area contributed by atoms with E-state index in [1.54, 1.807) is 60.7 Å². The van der Waals surface area contributed by atoms with Crippen LogP contribution in [0.25, 0.3) is 0 Å². The molecule has 0 fully saturated rings. The highest BCUT2D eigenvalue weighted by molar-refractivity contribution is 6.09. The Morgan fingerprint density at radius 1 is 1.10 bits per heavy atom. The first kappa shape index (κ1) is 25.8. The van der Waals surface area contributed by atoms with Gasteiger partial charge in [0, 0.05) is 49.3 Å². The fourth-order valence-electron chi connectivity index (χ4n) is 4.75. The molecule has 0 spiro atoms. The minimum atomic E-state index is -1.07. The number of anilines is 2. The molecule has 5 rings (SSSR count). The van der Waals surface area contributed by atoms with Gasteiger partial charge in [-0.2, -0.15) is 0 Å². The number of halogens is 1. The number of hydrogen-bond acceptors (Lipinski definition) is 5. The largest absolute Gasteiger partial charge is 0.354 e. The van der Waals surface area contributed by atoms with Crippen molar-refractivity contribution >= 4 is 29.1 Å². The molecule has 0 aliphatic carbocycles. The maximum absolute atomic E-state index is 13.9. The maximum atomic E-state index is 13.9. The number of aromatic nitrogens is 3. The van der Waals surface area contributed by atoms with E-state index >= 15 is 0 Å². The lowest BCUT2D eigenvalue weighted by atomic mass is 9.99. The molecular weight excluding hydrogens is 499 g/mol. The number of aromatic amines is 1. The van der Waals surface area contributed by atoms with E-state index in [1.807, 2.05) is 6.07 Å². The highest BCUT2D eigenvalue weighted by Gasteiger charge is 2.35. The lowest BCUT2D eigenvalue weighted by Crippen LogP contribution is -2.45. The summed E-state index contributed by atoms with van der Waals surface area (Å²) in [5.74, 6) is -1.20. The zero-order valence-corrected chi connectivity index (χ0v) is 21.3. The predicted octanol–water partition coefficient (Wildman–Crippen LogP) is 3.60. The highest BCUT2D eigenvalue weighted by atomic mass is 19.1. The molecule has 0 radical (unpaired) electrons.